The van der Waals surface area contributed by atoms with Gasteiger partial charge in [-0.05, 0) is 24.3 Å². The fourth-order valence-corrected chi connectivity index (χ4v) is 1.93. The summed E-state index contributed by atoms with van der Waals surface area (Å²) in [6, 6.07) is 1.86. The summed E-state index contributed by atoms with van der Waals surface area (Å²) in [4.78, 5) is 0. The first kappa shape index (κ1) is 14.3. The molecular formula is C12H6F6O2. The van der Waals surface area contributed by atoms with Crippen molar-refractivity contribution in [2.45, 2.75) is 12.4 Å². The molecule has 0 aromatic heterocycles. The zero-order valence-electron chi connectivity index (χ0n) is 9.47. The highest BCUT2D eigenvalue weighted by molar-refractivity contribution is 5.98. The summed E-state index contributed by atoms with van der Waals surface area (Å²) in [6.07, 6.45) is -9.93. The molecule has 2 aromatic rings. The van der Waals surface area contributed by atoms with Gasteiger partial charge in [0.15, 0.2) is 0 Å². The zero-order chi connectivity index (χ0) is 15.3. The minimum absolute atomic E-state index is 0.414. The maximum Gasteiger partial charge on any atom is 0.417 e. The van der Waals surface area contributed by atoms with Gasteiger partial charge in [0, 0.05) is 10.8 Å². The number of phenolic OH excluding ortho intramolecular Hbond substituents is 2. The van der Waals surface area contributed by atoms with Crippen LogP contribution in [0.1, 0.15) is 11.1 Å². The van der Waals surface area contributed by atoms with Crippen molar-refractivity contribution in [3.8, 4) is 11.5 Å². The monoisotopic (exact) mass is 296 g/mol. The van der Waals surface area contributed by atoms with E-state index in [0.717, 1.165) is 0 Å². The highest BCUT2D eigenvalue weighted by Crippen LogP contribution is 2.46. The Morgan fingerprint density at radius 2 is 0.900 bits per heavy atom. The first-order valence-electron chi connectivity index (χ1n) is 5.15. The molecule has 8 heteroatoms. The number of halogens is 6. The molecule has 0 amide bonds. The fourth-order valence-electron chi connectivity index (χ4n) is 1.93. The molecule has 0 saturated carbocycles. The summed E-state index contributed by atoms with van der Waals surface area (Å²) in [5, 5.41) is 16.7. The predicted octanol–water partition coefficient (Wildman–Crippen LogP) is 4.29. The molecule has 0 radical (unpaired) electrons. The maximum absolute atomic E-state index is 12.8. The zero-order valence-corrected chi connectivity index (χ0v) is 9.47. The Kier molecular flexibility index (Phi) is 2.99. The molecule has 0 spiro atoms. The number of benzene rings is 2. The van der Waals surface area contributed by atoms with E-state index in [2.05, 4.69) is 0 Å². The lowest BCUT2D eigenvalue weighted by atomic mass is 9.97. The molecule has 2 aromatic carbocycles. The third-order valence-electron chi connectivity index (χ3n) is 2.73. The van der Waals surface area contributed by atoms with Crippen LogP contribution in [0.4, 0.5) is 26.3 Å². The van der Waals surface area contributed by atoms with Crippen LogP contribution in [0.25, 0.3) is 10.8 Å². The molecular weight excluding hydrogens is 290 g/mol. The Hall–Kier alpha value is -2.12. The van der Waals surface area contributed by atoms with Gasteiger partial charge in [-0.1, -0.05) is 0 Å². The van der Waals surface area contributed by atoms with Crippen LogP contribution in [0, 0.1) is 0 Å². The van der Waals surface area contributed by atoms with Crippen molar-refractivity contribution >= 4 is 10.8 Å². The number of aromatic hydroxyl groups is 2. The maximum atomic E-state index is 12.8. The van der Waals surface area contributed by atoms with Gasteiger partial charge in [-0.15, -0.1) is 0 Å². The van der Waals surface area contributed by atoms with E-state index >= 15 is 0 Å². The molecule has 0 atom stereocenters. The van der Waals surface area contributed by atoms with Gasteiger partial charge in [0.25, 0.3) is 0 Å². The van der Waals surface area contributed by atoms with Gasteiger partial charge < -0.3 is 10.2 Å². The van der Waals surface area contributed by atoms with E-state index in [9.17, 15) is 36.6 Å². The first-order chi connectivity index (χ1) is 9.03. The molecule has 0 fully saturated rings. The molecule has 0 aliphatic rings. The molecule has 108 valence electrons. The van der Waals surface area contributed by atoms with Gasteiger partial charge in [0.1, 0.15) is 11.5 Å². The Morgan fingerprint density at radius 3 is 1.15 bits per heavy atom. The molecule has 2 N–H and O–H groups in total. The van der Waals surface area contributed by atoms with Crippen molar-refractivity contribution in [3.63, 3.8) is 0 Å². The molecule has 2 nitrogen and oxygen atoms in total. The van der Waals surface area contributed by atoms with Crippen LogP contribution >= 0.6 is 0 Å². The summed E-state index contributed by atoms with van der Waals surface area (Å²) in [5.41, 5.74) is -2.90. The summed E-state index contributed by atoms with van der Waals surface area (Å²) in [6.45, 7) is 0. The molecule has 0 unspecified atom stereocenters. The Labute approximate surface area is 107 Å². The second-order valence-corrected chi connectivity index (χ2v) is 4.01. The summed E-state index contributed by atoms with van der Waals surface area (Å²) in [5.74, 6) is -1.98. The average molecular weight is 296 g/mol. The van der Waals surface area contributed by atoms with Gasteiger partial charge in [-0.25, -0.2) is 0 Å². The van der Waals surface area contributed by atoms with Gasteiger partial charge in [-0.2, -0.15) is 26.3 Å². The van der Waals surface area contributed by atoms with E-state index in [1.165, 1.54) is 0 Å². The number of alkyl halides is 6. The van der Waals surface area contributed by atoms with Crippen molar-refractivity contribution in [2.75, 3.05) is 0 Å². The smallest absolute Gasteiger partial charge is 0.417 e. The number of rotatable bonds is 0. The molecule has 0 aliphatic heterocycles. The van der Waals surface area contributed by atoms with Crippen LogP contribution in [0.3, 0.4) is 0 Å². The Bertz CT molecular complexity index is 613. The number of phenols is 2. The van der Waals surface area contributed by atoms with Gasteiger partial charge in [0.05, 0.1) is 11.1 Å². The van der Waals surface area contributed by atoms with E-state index in [1.54, 1.807) is 0 Å². The molecule has 0 bridgehead atoms. The minimum atomic E-state index is -4.96. The largest absolute Gasteiger partial charge is 0.507 e. The number of hydrogen-bond acceptors (Lipinski definition) is 2. The van der Waals surface area contributed by atoms with Crippen molar-refractivity contribution in [3.05, 3.63) is 35.4 Å². The quantitative estimate of drug-likeness (QED) is 0.712. The predicted molar refractivity (Wildman–Crippen MR) is 57.3 cm³/mol. The van der Waals surface area contributed by atoms with Crippen LogP contribution < -0.4 is 0 Å². The SMILES string of the molecule is Oc1ccc(C(F)(F)F)c2c(O)ccc(C(F)(F)F)c12. The van der Waals surface area contributed by atoms with Crippen molar-refractivity contribution in [1.29, 1.82) is 0 Å². The fraction of sp³-hybridized carbons (Fsp3) is 0.167. The van der Waals surface area contributed by atoms with Crippen molar-refractivity contribution < 1.29 is 36.6 Å². The van der Waals surface area contributed by atoms with Crippen LogP contribution in [0.15, 0.2) is 24.3 Å². The van der Waals surface area contributed by atoms with Crippen molar-refractivity contribution in [1.82, 2.24) is 0 Å². The number of fused-ring (bicyclic) bond motifs is 1. The summed E-state index contributed by atoms with van der Waals surface area (Å²) in [7, 11) is 0. The summed E-state index contributed by atoms with van der Waals surface area (Å²) >= 11 is 0. The van der Waals surface area contributed by atoms with Crippen molar-refractivity contribution in [2.24, 2.45) is 0 Å². The molecule has 20 heavy (non-hydrogen) atoms. The lowest BCUT2D eigenvalue weighted by Crippen LogP contribution is -2.09. The normalized spacial score (nSPS) is 12.9. The van der Waals surface area contributed by atoms with E-state index in [-0.39, 0.29) is 0 Å². The molecule has 2 rings (SSSR count). The molecule has 0 saturated heterocycles. The molecule has 0 aliphatic carbocycles. The van der Waals surface area contributed by atoms with Crippen LogP contribution in [-0.2, 0) is 12.4 Å². The third kappa shape index (κ3) is 2.21. The second-order valence-electron chi connectivity index (χ2n) is 4.01. The Morgan fingerprint density at radius 1 is 0.600 bits per heavy atom. The molecule has 0 heterocycles. The van der Waals surface area contributed by atoms with Gasteiger partial charge in [-0.3, -0.25) is 0 Å². The Balaban J connectivity index is 3.01. The van der Waals surface area contributed by atoms with E-state index < -0.39 is 45.8 Å². The standard InChI is InChI=1S/C12H6F6O2/c13-11(14,15)5-1-3-7(19)10-6(12(16,17)18)2-4-8(20)9(5)10/h1-4,19-20H. The highest BCUT2D eigenvalue weighted by atomic mass is 19.4. The van der Waals surface area contributed by atoms with Gasteiger partial charge in [0.2, 0.25) is 0 Å². The van der Waals surface area contributed by atoms with Crippen LogP contribution in [-0.4, -0.2) is 10.2 Å². The average Bonchev–Trinajstić information content (AvgIpc) is 2.27. The van der Waals surface area contributed by atoms with Crippen LogP contribution in [0.2, 0.25) is 0 Å². The summed E-state index contributed by atoms with van der Waals surface area (Å²) < 4.78 is 76.7. The van der Waals surface area contributed by atoms with Crippen LogP contribution in [0.5, 0.6) is 11.5 Å². The van der Waals surface area contributed by atoms with Gasteiger partial charge >= 0.3 is 12.4 Å². The first-order valence-corrected chi connectivity index (χ1v) is 5.15. The lowest BCUT2D eigenvalue weighted by molar-refractivity contribution is -0.138. The number of hydrogen-bond donors (Lipinski definition) is 2. The highest BCUT2D eigenvalue weighted by Gasteiger charge is 2.38. The topological polar surface area (TPSA) is 40.5 Å². The third-order valence-corrected chi connectivity index (χ3v) is 2.73. The second kappa shape index (κ2) is 4.19. The lowest BCUT2D eigenvalue weighted by Gasteiger charge is -2.16. The minimum Gasteiger partial charge on any atom is -0.507 e. The van der Waals surface area contributed by atoms with E-state index in [0.29, 0.717) is 24.3 Å². The van der Waals surface area contributed by atoms with E-state index in [1.807, 2.05) is 0 Å². The van der Waals surface area contributed by atoms with E-state index in [4.69, 9.17) is 0 Å².